The Kier molecular flexibility index (Phi) is 2.61. The second-order valence-corrected chi connectivity index (χ2v) is 5.19. The minimum Gasteiger partial charge on any atom is -0.394 e. The van der Waals surface area contributed by atoms with Crippen molar-refractivity contribution in [1.29, 1.82) is 0 Å². The fourth-order valence-corrected chi connectivity index (χ4v) is 1.86. The molecule has 0 saturated heterocycles. The number of rotatable bonds is 6. The second kappa shape index (κ2) is 3.58. The molecule has 0 radical (unpaired) electrons. The quantitative estimate of drug-likeness (QED) is 0.654. The molecule has 2 nitrogen and oxygen atoms in total. The van der Waals surface area contributed by atoms with Crippen molar-refractivity contribution >= 4 is 0 Å². The van der Waals surface area contributed by atoms with E-state index >= 15 is 0 Å². The summed E-state index contributed by atoms with van der Waals surface area (Å²) in [7, 11) is 0. The van der Waals surface area contributed by atoms with Crippen LogP contribution in [0.15, 0.2) is 0 Å². The summed E-state index contributed by atoms with van der Waals surface area (Å²) in [5.74, 6) is 1.80. The van der Waals surface area contributed by atoms with E-state index in [1.54, 1.807) is 0 Å². The van der Waals surface area contributed by atoms with Crippen molar-refractivity contribution in [1.82, 2.24) is 5.32 Å². The van der Waals surface area contributed by atoms with Gasteiger partial charge in [0.25, 0.3) is 0 Å². The van der Waals surface area contributed by atoms with Gasteiger partial charge in [0.1, 0.15) is 0 Å². The highest BCUT2D eigenvalue weighted by Crippen LogP contribution is 2.37. The molecule has 0 spiro atoms. The van der Waals surface area contributed by atoms with Crippen molar-refractivity contribution in [2.75, 3.05) is 13.2 Å². The van der Waals surface area contributed by atoms with Crippen molar-refractivity contribution < 1.29 is 5.11 Å². The van der Waals surface area contributed by atoms with Gasteiger partial charge in [-0.15, -0.1) is 0 Å². The molecule has 0 aliphatic heterocycles. The fourth-order valence-electron chi connectivity index (χ4n) is 1.86. The van der Waals surface area contributed by atoms with Crippen LogP contribution in [0, 0.1) is 11.8 Å². The first-order chi connectivity index (χ1) is 6.22. The lowest BCUT2D eigenvalue weighted by Gasteiger charge is -2.29. The molecule has 0 amide bonds. The van der Waals surface area contributed by atoms with Crippen molar-refractivity contribution in [3.05, 3.63) is 0 Å². The Morgan fingerprint density at radius 2 is 1.85 bits per heavy atom. The average molecular weight is 183 g/mol. The Hall–Kier alpha value is -0.0800. The molecule has 0 aromatic rings. The molecule has 0 heterocycles. The summed E-state index contributed by atoms with van der Waals surface area (Å²) in [6, 6.07) is 0. The highest BCUT2D eigenvalue weighted by atomic mass is 16.3. The molecular weight excluding hydrogens is 162 g/mol. The van der Waals surface area contributed by atoms with E-state index in [9.17, 15) is 5.11 Å². The Balaban J connectivity index is 1.73. The Labute approximate surface area is 80.7 Å². The molecule has 2 fully saturated rings. The van der Waals surface area contributed by atoms with E-state index in [4.69, 9.17) is 0 Å². The van der Waals surface area contributed by atoms with E-state index in [-0.39, 0.29) is 12.1 Å². The van der Waals surface area contributed by atoms with Crippen LogP contribution in [0.5, 0.6) is 0 Å². The van der Waals surface area contributed by atoms with Gasteiger partial charge in [0.2, 0.25) is 0 Å². The summed E-state index contributed by atoms with van der Waals surface area (Å²) >= 11 is 0. The second-order valence-electron chi connectivity index (χ2n) is 5.19. The van der Waals surface area contributed by atoms with E-state index < -0.39 is 0 Å². The van der Waals surface area contributed by atoms with Gasteiger partial charge in [-0.3, -0.25) is 0 Å². The summed E-state index contributed by atoms with van der Waals surface area (Å²) in [5.41, 5.74) is 0.00373. The van der Waals surface area contributed by atoms with Crippen LogP contribution in [0.25, 0.3) is 0 Å². The number of hydrogen-bond donors (Lipinski definition) is 2. The molecule has 2 N–H and O–H groups in total. The number of hydrogen-bond acceptors (Lipinski definition) is 2. The average Bonchev–Trinajstić information content (AvgIpc) is 2.96. The van der Waals surface area contributed by atoms with Gasteiger partial charge in [-0.05, 0) is 44.6 Å². The van der Waals surface area contributed by atoms with Gasteiger partial charge in [-0.2, -0.15) is 0 Å². The molecule has 1 unspecified atom stereocenters. The SMILES string of the molecule is CC(CO)(CC1CC1)NCC1CC1. The zero-order valence-corrected chi connectivity index (χ0v) is 8.55. The lowest BCUT2D eigenvalue weighted by atomic mass is 9.95. The zero-order valence-electron chi connectivity index (χ0n) is 8.55. The molecule has 2 heteroatoms. The molecule has 0 aromatic carbocycles. The molecular formula is C11H21NO. The van der Waals surface area contributed by atoms with Gasteiger partial charge in [-0.25, -0.2) is 0 Å². The summed E-state index contributed by atoms with van der Waals surface area (Å²) in [5, 5.41) is 12.9. The lowest BCUT2D eigenvalue weighted by Crippen LogP contribution is -2.47. The van der Waals surface area contributed by atoms with Crippen molar-refractivity contribution in [3.63, 3.8) is 0 Å². The first kappa shape index (κ1) is 9.47. The van der Waals surface area contributed by atoms with E-state index in [0.717, 1.165) is 24.8 Å². The monoisotopic (exact) mass is 183 g/mol. The van der Waals surface area contributed by atoms with Gasteiger partial charge in [0.15, 0.2) is 0 Å². The fraction of sp³-hybridized carbons (Fsp3) is 1.00. The van der Waals surface area contributed by atoms with Gasteiger partial charge in [0.05, 0.1) is 6.61 Å². The van der Waals surface area contributed by atoms with Gasteiger partial charge in [-0.1, -0.05) is 12.8 Å². The van der Waals surface area contributed by atoms with Crippen LogP contribution in [-0.2, 0) is 0 Å². The van der Waals surface area contributed by atoms with E-state index in [0.29, 0.717) is 0 Å². The number of aliphatic hydroxyl groups excluding tert-OH is 1. The summed E-state index contributed by atoms with van der Waals surface area (Å²) in [6.45, 7) is 3.56. The predicted octanol–water partition coefficient (Wildman–Crippen LogP) is 1.54. The van der Waals surface area contributed by atoms with Crippen LogP contribution in [0.1, 0.15) is 39.0 Å². The molecule has 0 bridgehead atoms. The number of nitrogens with one attached hydrogen (secondary N) is 1. The third kappa shape index (κ3) is 2.96. The summed E-state index contributed by atoms with van der Waals surface area (Å²) in [4.78, 5) is 0. The third-order valence-corrected chi connectivity index (χ3v) is 3.30. The summed E-state index contributed by atoms with van der Waals surface area (Å²) in [6.07, 6.45) is 6.69. The smallest absolute Gasteiger partial charge is 0.0610 e. The molecule has 0 aromatic heterocycles. The largest absolute Gasteiger partial charge is 0.394 e. The highest BCUT2D eigenvalue weighted by molar-refractivity contribution is 4.91. The van der Waals surface area contributed by atoms with Gasteiger partial charge >= 0.3 is 0 Å². The standard InChI is InChI=1S/C11H21NO/c1-11(8-13,6-9-2-3-9)12-7-10-4-5-10/h9-10,12-13H,2-8H2,1H3. The Morgan fingerprint density at radius 3 is 2.31 bits per heavy atom. The molecule has 2 saturated carbocycles. The molecule has 76 valence electrons. The summed E-state index contributed by atoms with van der Waals surface area (Å²) < 4.78 is 0. The Bertz CT molecular complexity index is 175. The van der Waals surface area contributed by atoms with Crippen LogP contribution in [-0.4, -0.2) is 23.8 Å². The normalized spacial score (nSPS) is 27.2. The van der Waals surface area contributed by atoms with E-state index in [2.05, 4.69) is 12.2 Å². The molecule has 2 aliphatic carbocycles. The maximum absolute atomic E-state index is 9.33. The van der Waals surface area contributed by atoms with Gasteiger partial charge < -0.3 is 10.4 Å². The minimum atomic E-state index is 0.00373. The molecule has 13 heavy (non-hydrogen) atoms. The maximum atomic E-state index is 9.33. The van der Waals surface area contributed by atoms with Crippen LogP contribution < -0.4 is 5.32 Å². The first-order valence-corrected chi connectivity index (χ1v) is 5.58. The third-order valence-electron chi connectivity index (χ3n) is 3.30. The van der Waals surface area contributed by atoms with Gasteiger partial charge in [0, 0.05) is 5.54 Å². The topological polar surface area (TPSA) is 32.3 Å². The molecule has 2 rings (SSSR count). The minimum absolute atomic E-state index is 0.00373. The van der Waals surface area contributed by atoms with Crippen molar-refractivity contribution in [2.45, 2.75) is 44.6 Å². The lowest BCUT2D eigenvalue weighted by molar-refractivity contribution is 0.159. The van der Waals surface area contributed by atoms with E-state index in [1.807, 2.05) is 0 Å². The first-order valence-electron chi connectivity index (χ1n) is 5.58. The maximum Gasteiger partial charge on any atom is 0.0610 e. The number of aliphatic hydroxyl groups is 1. The molecule has 2 aliphatic rings. The van der Waals surface area contributed by atoms with Crippen molar-refractivity contribution in [2.24, 2.45) is 11.8 Å². The van der Waals surface area contributed by atoms with Crippen molar-refractivity contribution in [3.8, 4) is 0 Å². The zero-order chi connectivity index (χ0) is 9.31. The van der Waals surface area contributed by atoms with Crippen LogP contribution >= 0.6 is 0 Å². The predicted molar refractivity (Wildman–Crippen MR) is 53.6 cm³/mol. The van der Waals surface area contributed by atoms with Crippen LogP contribution in [0.3, 0.4) is 0 Å². The van der Waals surface area contributed by atoms with E-state index in [1.165, 1.54) is 25.7 Å². The highest BCUT2D eigenvalue weighted by Gasteiger charge is 2.34. The Morgan fingerprint density at radius 1 is 1.23 bits per heavy atom. The van der Waals surface area contributed by atoms with Crippen LogP contribution in [0.2, 0.25) is 0 Å². The van der Waals surface area contributed by atoms with Crippen LogP contribution in [0.4, 0.5) is 0 Å². The molecule has 1 atom stereocenters.